The number of rotatable bonds is 10. The maximum atomic E-state index is 13.8. The van der Waals surface area contributed by atoms with E-state index in [1.165, 1.54) is 0 Å². The number of aliphatic hydroxyl groups excluding tert-OH is 1. The number of nitrogens with zero attached hydrogens (tertiary/aromatic N) is 4. The van der Waals surface area contributed by atoms with Gasteiger partial charge in [0.1, 0.15) is 0 Å². The van der Waals surface area contributed by atoms with Crippen LogP contribution >= 0.6 is 38.5 Å². The highest BCUT2D eigenvalue weighted by Crippen LogP contribution is 2.46. The quantitative estimate of drug-likeness (QED) is 0.161. The van der Waals surface area contributed by atoms with E-state index in [1.54, 1.807) is 9.58 Å². The fourth-order valence-corrected chi connectivity index (χ4v) is 6.15. The molecule has 3 aromatic carbocycles. The van der Waals surface area contributed by atoms with Crippen LogP contribution < -0.4 is 4.90 Å². The van der Waals surface area contributed by atoms with Gasteiger partial charge in [0.15, 0.2) is 5.60 Å². The molecule has 1 aliphatic rings. The van der Waals surface area contributed by atoms with Gasteiger partial charge in [0.2, 0.25) is 0 Å². The molecule has 0 saturated carbocycles. The number of aryl methyl sites for hydroxylation is 1. The van der Waals surface area contributed by atoms with Crippen molar-refractivity contribution in [3.8, 4) is 0 Å². The lowest BCUT2D eigenvalue weighted by molar-refractivity contribution is -0.139. The van der Waals surface area contributed by atoms with Gasteiger partial charge >= 0.3 is 0 Å². The van der Waals surface area contributed by atoms with E-state index in [4.69, 9.17) is 0 Å². The average molecular weight is 713 g/mol. The molecule has 1 aromatic heterocycles. The first-order valence-corrected chi connectivity index (χ1v) is 15.0. The van der Waals surface area contributed by atoms with Gasteiger partial charge in [-0.2, -0.15) is 0 Å². The zero-order valence-electron chi connectivity index (χ0n) is 22.0. The molecule has 9 heteroatoms. The van der Waals surface area contributed by atoms with Crippen LogP contribution in [-0.2, 0) is 23.5 Å². The molecule has 2 heterocycles. The molecule has 0 aliphatic carbocycles. The number of anilines is 1. The molecule has 1 unspecified atom stereocenters. The molecule has 1 aliphatic heterocycles. The number of carbonyl (C=O) groups excluding carboxylic acids is 1. The van der Waals surface area contributed by atoms with Crippen LogP contribution in [0.25, 0.3) is 0 Å². The van der Waals surface area contributed by atoms with E-state index in [2.05, 4.69) is 48.8 Å². The Labute approximate surface area is 255 Å². The second kappa shape index (κ2) is 12.3. The zero-order chi connectivity index (χ0) is 28.3. The molecule has 0 spiro atoms. The SMILES string of the molecule is C[C@@H](/C=C/CCn1cc(C(CO)c2ccccc2)nn1)[C@]1(O)C(=O)N(Cc2cccc(I)c2)c2ccc(Br)cc21. The maximum Gasteiger partial charge on any atom is 0.264 e. The van der Waals surface area contributed by atoms with Crippen molar-refractivity contribution in [2.24, 2.45) is 5.92 Å². The third-order valence-electron chi connectivity index (χ3n) is 7.37. The highest BCUT2D eigenvalue weighted by molar-refractivity contribution is 14.1. The summed E-state index contributed by atoms with van der Waals surface area (Å²) < 4.78 is 3.65. The lowest BCUT2D eigenvalue weighted by Crippen LogP contribution is -2.44. The molecule has 0 bridgehead atoms. The molecule has 0 radical (unpaired) electrons. The van der Waals surface area contributed by atoms with Crippen LogP contribution in [0.3, 0.4) is 0 Å². The van der Waals surface area contributed by atoms with Gasteiger partial charge in [-0.05, 0) is 70.5 Å². The van der Waals surface area contributed by atoms with Crippen molar-refractivity contribution in [1.82, 2.24) is 15.0 Å². The molecule has 0 fully saturated rings. The van der Waals surface area contributed by atoms with Crippen LogP contribution in [0.4, 0.5) is 5.69 Å². The molecule has 4 aromatic rings. The third-order valence-corrected chi connectivity index (χ3v) is 8.53. The standard InChI is InChI=1S/C31H30BrIN4O3/c1-21(8-5-6-15-36-19-28(34-35-36)26(20-38)23-10-3-2-4-11-23)31(40)27-17-24(32)13-14-29(27)37(30(31)39)18-22-9-7-12-25(33)16-22/h2-5,7-14,16-17,19,21,26,38,40H,6,15,18,20H2,1H3/b8-5+/t21-,26?,31+/m0/s1. The molecule has 1 amide bonds. The number of fused-ring (bicyclic) bond motifs is 1. The number of aliphatic hydroxyl groups is 2. The lowest BCUT2D eigenvalue weighted by Gasteiger charge is -2.27. The number of hydrogen-bond donors (Lipinski definition) is 2. The van der Waals surface area contributed by atoms with E-state index in [0.29, 0.717) is 30.8 Å². The van der Waals surface area contributed by atoms with Gasteiger partial charge in [-0.15, -0.1) is 5.10 Å². The fourth-order valence-electron chi connectivity index (χ4n) is 5.18. The van der Waals surface area contributed by atoms with Gasteiger partial charge in [0, 0.05) is 32.3 Å². The minimum Gasteiger partial charge on any atom is -0.395 e. The monoisotopic (exact) mass is 712 g/mol. The molecule has 5 rings (SSSR count). The number of carbonyl (C=O) groups is 1. The Kier molecular flexibility index (Phi) is 8.84. The predicted molar refractivity (Wildman–Crippen MR) is 167 cm³/mol. The molecule has 206 valence electrons. The van der Waals surface area contributed by atoms with Gasteiger partial charge in [-0.25, -0.2) is 0 Å². The molecule has 40 heavy (non-hydrogen) atoms. The number of benzene rings is 3. The van der Waals surface area contributed by atoms with Crippen molar-refractivity contribution in [2.75, 3.05) is 11.5 Å². The molecule has 3 atom stereocenters. The van der Waals surface area contributed by atoms with Crippen molar-refractivity contribution in [3.63, 3.8) is 0 Å². The van der Waals surface area contributed by atoms with Gasteiger partial charge in [-0.1, -0.05) is 82.7 Å². The number of aromatic nitrogens is 3. The Morgan fingerprint density at radius 3 is 2.65 bits per heavy atom. The molecular weight excluding hydrogens is 683 g/mol. The van der Waals surface area contributed by atoms with Gasteiger partial charge < -0.3 is 15.1 Å². The van der Waals surface area contributed by atoms with Crippen LogP contribution in [0.15, 0.2) is 95.6 Å². The zero-order valence-corrected chi connectivity index (χ0v) is 25.7. The van der Waals surface area contributed by atoms with Gasteiger partial charge in [0.05, 0.1) is 30.5 Å². The summed E-state index contributed by atoms with van der Waals surface area (Å²) in [6, 6.07) is 23.4. The summed E-state index contributed by atoms with van der Waals surface area (Å²) in [6.45, 7) is 2.78. The highest BCUT2D eigenvalue weighted by Gasteiger charge is 2.52. The van der Waals surface area contributed by atoms with Crippen molar-refractivity contribution < 1.29 is 15.0 Å². The summed E-state index contributed by atoms with van der Waals surface area (Å²) in [5, 5.41) is 30.3. The topological polar surface area (TPSA) is 91.5 Å². The summed E-state index contributed by atoms with van der Waals surface area (Å²) in [6.07, 6.45) is 6.37. The van der Waals surface area contributed by atoms with E-state index in [0.717, 1.165) is 24.9 Å². The predicted octanol–water partition coefficient (Wildman–Crippen LogP) is 5.79. The third kappa shape index (κ3) is 5.79. The molecular formula is C31H30BrIN4O3. The lowest BCUT2D eigenvalue weighted by atomic mass is 9.83. The number of hydrogen-bond acceptors (Lipinski definition) is 5. The van der Waals surface area contributed by atoms with E-state index in [1.807, 2.05) is 98.1 Å². The minimum absolute atomic E-state index is 0.0507. The number of allylic oxidation sites excluding steroid dienone is 1. The van der Waals surface area contributed by atoms with Crippen molar-refractivity contribution in [1.29, 1.82) is 0 Å². The second-order valence-electron chi connectivity index (χ2n) is 10.0. The van der Waals surface area contributed by atoms with E-state index < -0.39 is 11.5 Å². The van der Waals surface area contributed by atoms with Crippen LogP contribution in [0.1, 0.15) is 41.6 Å². The van der Waals surface area contributed by atoms with Crippen LogP contribution in [-0.4, -0.2) is 37.7 Å². The average Bonchev–Trinajstić information content (AvgIpc) is 3.50. The molecule has 0 saturated heterocycles. The summed E-state index contributed by atoms with van der Waals surface area (Å²) in [7, 11) is 0. The Balaban J connectivity index is 1.29. The highest BCUT2D eigenvalue weighted by atomic mass is 127. The summed E-state index contributed by atoms with van der Waals surface area (Å²) in [5.74, 6) is -1.01. The Morgan fingerprint density at radius 1 is 1.10 bits per heavy atom. The number of halogens is 2. The van der Waals surface area contributed by atoms with Crippen LogP contribution in [0, 0.1) is 9.49 Å². The Hall–Kier alpha value is -2.86. The van der Waals surface area contributed by atoms with Gasteiger partial charge in [0.25, 0.3) is 5.91 Å². The number of amides is 1. The first-order chi connectivity index (χ1) is 19.3. The van der Waals surface area contributed by atoms with E-state index >= 15 is 0 Å². The van der Waals surface area contributed by atoms with Gasteiger partial charge in [-0.3, -0.25) is 9.48 Å². The largest absolute Gasteiger partial charge is 0.395 e. The normalized spacial score (nSPS) is 18.3. The Morgan fingerprint density at radius 2 is 1.90 bits per heavy atom. The van der Waals surface area contributed by atoms with E-state index in [-0.39, 0.29) is 18.4 Å². The summed E-state index contributed by atoms with van der Waals surface area (Å²) in [4.78, 5) is 15.5. The first-order valence-electron chi connectivity index (χ1n) is 13.1. The van der Waals surface area contributed by atoms with Crippen molar-refractivity contribution >= 4 is 50.1 Å². The van der Waals surface area contributed by atoms with Crippen molar-refractivity contribution in [2.45, 2.75) is 38.0 Å². The van der Waals surface area contributed by atoms with E-state index in [9.17, 15) is 15.0 Å². The Bertz CT molecular complexity index is 1530. The van der Waals surface area contributed by atoms with Crippen LogP contribution in [0.5, 0.6) is 0 Å². The minimum atomic E-state index is -1.68. The summed E-state index contributed by atoms with van der Waals surface area (Å²) >= 11 is 5.77. The maximum absolute atomic E-state index is 13.8. The molecule has 2 N–H and O–H groups in total. The second-order valence-corrected chi connectivity index (χ2v) is 12.2. The smallest absolute Gasteiger partial charge is 0.264 e. The van der Waals surface area contributed by atoms with Crippen LogP contribution in [0.2, 0.25) is 0 Å². The fraction of sp³-hybridized carbons (Fsp3) is 0.258. The molecule has 7 nitrogen and oxygen atoms in total. The summed E-state index contributed by atoms with van der Waals surface area (Å²) in [5.41, 5.74) is 2.36. The first kappa shape index (κ1) is 28.7. The van der Waals surface area contributed by atoms with Crippen molar-refractivity contribution in [3.05, 3.63) is 122 Å².